The lowest BCUT2D eigenvalue weighted by Crippen LogP contribution is -2.32. The van der Waals surface area contributed by atoms with Crippen molar-refractivity contribution in [1.29, 1.82) is 0 Å². The topological polar surface area (TPSA) is 91.4 Å². The van der Waals surface area contributed by atoms with E-state index < -0.39 is 17.7 Å². The third-order valence-corrected chi connectivity index (χ3v) is 7.47. The molecule has 2 heterocycles. The van der Waals surface area contributed by atoms with Crippen molar-refractivity contribution in [1.82, 2.24) is 4.98 Å². The molecule has 3 amide bonds. The second kappa shape index (κ2) is 10.8. The predicted molar refractivity (Wildman–Crippen MR) is 157 cm³/mol. The average Bonchev–Trinajstić information content (AvgIpc) is 3.41. The van der Waals surface area contributed by atoms with Gasteiger partial charge in [-0.25, -0.2) is 9.88 Å². The third kappa shape index (κ3) is 5.55. The lowest BCUT2D eigenvalue weighted by Gasteiger charge is -2.16. The summed E-state index contributed by atoms with van der Waals surface area (Å²) in [6.45, 7) is 3.76. The first-order chi connectivity index (χ1) is 18.6. The van der Waals surface area contributed by atoms with Gasteiger partial charge in [-0.2, -0.15) is 0 Å². The van der Waals surface area contributed by atoms with Crippen LogP contribution in [0.3, 0.4) is 0 Å². The number of rotatable bonds is 6. The number of thiazole rings is 1. The molecule has 1 aliphatic heterocycles. The van der Waals surface area contributed by atoms with Crippen LogP contribution < -0.4 is 15.5 Å². The first-order valence-electron chi connectivity index (χ1n) is 11.6. The van der Waals surface area contributed by atoms with Crippen molar-refractivity contribution in [3.05, 3.63) is 104 Å². The first kappa shape index (κ1) is 26.9. The summed E-state index contributed by atoms with van der Waals surface area (Å²) in [7, 11) is 0. The molecular formula is C28H19Cl3N4O3S. The minimum absolute atomic E-state index is 0.0669. The Hall–Kier alpha value is -3.69. The Bertz CT molecular complexity index is 1680. The van der Waals surface area contributed by atoms with E-state index in [0.717, 1.165) is 16.0 Å². The third-order valence-electron chi connectivity index (χ3n) is 5.82. The Kier molecular flexibility index (Phi) is 7.46. The molecule has 3 aromatic carbocycles. The zero-order valence-electron chi connectivity index (χ0n) is 20.5. The average molecular weight is 598 g/mol. The number of carbonyl (C=O) groups is 3. The summed E-state index contributed by atoms with van der Waals surface area (Å²) < 4.78 is 0. The molecule has 39 heavy (non-hydrogen) atoms. The van der Waals surface area contributed by atoms with Gasteiger partial charge in [0.1, 0.15) is 10.7 Å². The predicted octanol–water partition coefficient (Wildman–Crippen LogP) is 7.42. The highest BCUT2D eigenvalue weighted by Gasteiger charge is 2.39. The number of nitrogens with zero attached hydrogens (tertiary/aromatic N) is 2. The number of amides is 3. The summed E-state index contributed by atoms with van der Waals surface area (Å²) in [6.07, 6.45) is 0. The van der Waals surface area contributed by atoms with E-state index in [1.54, 1.807) is 60.0 Å². The molecule has 0 fully saturated rings. The lowest BCUT2D eigenvalue weighted by molar-refractivity contribution is -0.120. The van der Waals surface area contributed by atoms with E-state index >= 15 is 0 Å². The highest BCUT2D eigenvalue weighted by atomic mass is 35.5. The van der Waals surface area contributed by atoms with Gasteiger partial charge in [0.05, 0.1) is 16.4 Å². The normalized spacial score (nSPS) is 13.3. The molecule has 0 atom stereocenters. The van der Waals surface area contributed by atoms with Gasteiger partial charge >= 0.3 is 0 Å². The molecule has 0 saturated heterocycles. The van der Waals surface area contributed by atoms with Gasteiger partial charge in [0.2, 0.25) is 0 Å². The summed E-state index contributed by atoms with van der Waals surface area (Å²) in [4.78, 5) is 44.5. The van der Waals surface area contributed by atoms with E-state index in [4.69, 9.17) is 34.8 Å². The Morgan fingerprint density at radius 1 is 0.923 bits per heavy atom. The van der Waals surface area contributed by atoms with Crippen LogP contribution in [0.15, 0.2) is 76.8 Å². The maximum atomic E-state index is 13.2. The molecular weight excluding hydrogens is 579 g/mol. The fourth-order valence-corrected chi connectivity index (χ4v) is 5.55. The molecule has 11 heteroatoms. The zero-order chi connectivity index (χ0) is 27.8. The van der Waals surface area contributed by atoms with Crippen molar-refractivity contribution < 1.29 is 14.4 Å². The molecule has 4 aromatic rings. The van der Waals surface area contributed by atoms with Gasteiger partial charge in [-0.1, -0.05) is 46.9 Å². The summed E-state index contributed by atoms with van der Waals surface area (Å²) in [5, 5.41) is 8.57. The van der Waals surface area contributed by atoms with Crippen LogP contribution in [-0.4, -0.2) is 22.7 Å². The smallest absolute Gasteiger partial charge is 0.283 e. The fraction of sp³-hybridized carbons (Fsp3) is 0.0714. The number of aromatic nitrogens is 1. The molecule has 0 unspecified atom stereocenters. The van der Waals surface area contributed by atoms with Gasteiger partial charge < -0.3 is 5.32 Å². The van der Waals surface area contributed by atoms with Crippen molar-refractivity contribution in [3.8, 4) is 11.3 Å². The number of imide groups is 1. The summed E-state index contributed by atoms with van der Waals surface area (Å²) in [6, 6.07) is 17.0. The highest BCUT2D eigenvalue weighted by molar-refractivity contribution is 7.14. The SMILES string of the molecule is Cc1cc(C)cc(N2C(=O)C(Cl)=C(Nc3cccc(C(=O)Nc4nc(-c5ccc(Cl)cc5Cl)cs4)c3)C2=O)c1. The van der Waals surface area contributed by atoms with Crippen LogP contribution in [0.25, 0.3) is 11.3 Å². The Morgan fingerprint density at radius 3 is 2.38 bits per heavy atom. The number of anilines is 3. The van der Waals surface area contributed by atoms with Gasteiger partial charge in [0, 0.05) is 27.2 Å². The van der Waals surface area contributed by atoms with Crippen molar-refractivity contribution in [2.45, 2.75) is 13.8 Å². The van der Waals surface area contributed by atoms with Crippen LogP contribution in [0.1, 0.15) is 21.5 Å². The number of hydrogen-bond acceptors (Lipinski definition) is 6. The minimum Gasteiger partial charge on any atom is -0.350 e. The van der Waals surface area contributed by atoms with Gasteiger partial charge in [-0.15, -0.1) is 11.3 Å². The molecule has 0 aliphatic carbocycles. The van der Waals surface area contributed by atoms with Gasteiger partial charge in [0.15, 0.2) is 5.13 Å². The van der Waals surface area contributed by atoms with Crippen molar-refractivity contribution in [2.75, 3.05) is 15.5 Å². The molecule has 5 rings (SSSR count). The Balaban J connectivity index is 1.32. The molecule has 1 aromatic heterocycles. The first-order valence-corrected chi connectivity index (χ1v) is 13.6. The second-order valence-electron chi connectivity index (χ2n) is 8.80. The van der Waals surface area contributed by atoms with Crippen LogP contribution in [0.5, 0.6) is 0 Å². The summed E-state index contributed by atoms with van der Waals surface area (Å²) >= 11 is 19.8. The number of benzene rings is 3. The van der Waals surface area contributed by atoms with Crippen LogP contribution in [0.2, 0.25) is 10.0 Å². The molecule has 0 spiro atoms. The molecule has 196 valence electrons. The van der Waals surface area contributed by atoms with Crippen LogP contribution in [-0.2, 0) is 9.59 Å². The van der Waals surface area contributed by atoms with E-state index in [9.17, 15) is 14.4 Å². The standard InChI is InChI=1S/C28H19Cl3N4O3S/c1-14-8-15(2)10-19(9-14)35-26(37)23(31)24(27(35)38)32-18-5-3-4-16(11-18)25(36)34-28-33-22(13-39-28)20-7-6-17(29)12-21(20)30/h3-13,32H,1-2H3,(H,33,34,36). The van der Waals surface area contributed by atoms with Gasteiger partial charge in [-0.3, -0.25) is 19.7 Å². The van der Waals surface area contributed by atoms with E-state index in [-0.39, 0.29) is 10.7 Å². The van der Waals surface area contributed by atoms with E-state index in [2.05, 4.69) is 15.6 Å². The Labute approximate surface area is 243 Å². The molecule has 0 radical (unpaired) electrons. The number of carbonyl (C=O) groups excluding carboxylic acids is 3. The van der Waals surface area contributed by atoms with Crippen LogP contribution in [0, 0.1) is 13.8 Å². The fourth-order valence-electron chi connectivity index (χ4n) is 4.13. The van der Waals surface area contributed by atoms with Gasteiger partial charge in [-0.05, 0) is 73.5 Å². The Morgan fingerprint density at radius 2 is 1.67 bits per heavy atom. The van der Waals surface area contributed by atoms with E-state index in [1.807, 2.05) is 19.9 Å². The minimum atomic E-state index is -0.622. The van der Waals surface area contributed by atoms with Crippen LogP contribution >= 0.6 is 46.1 Å². The number of halogens is 3. The monoisotopic (exact) mass is 596 g/mol. The van der Waals surface area contributed by atoms with Crippen molar-refractivity contribution in [2.24, 2.45) is 0 Å². The van der Waals surface area contributed by atoms with Gasteiger partial charge in [0.25, 0.3) is 17.7 Å². The van der Waals surface area contributed by atoms with E-state index in [1.165, 1.54) is 11.3 Å². The summed E-state index contributed by atoms with van der Waals surface area (Å²) in [5.74, 6) is -1.61. The van der Waals surface area contributed by atoms with Crippen molar-refractivity contribution in [3.63, 3.8) is 0 Å². The van der Waals surface area contributed by atoms with Crippen molar-refractivity contribution >= 4 is 80.4 Å². The summed E-state index contributed by atoms with van der Waals surface area (Å²) in [5.41, 5.74) is 4.20. The zero-order valence-corrected chi connectivity index (χ0v) is 23.6. The number of nitrogens with one attached hydrogen (secondary N) is 2. The molecule has 0 bridgehead atoms. The lowest BCUT2D eigenvalue weighted by atomic mass is 10.1. The largest absolute Gasteiger partial charge is 0.350 e. The van der Waals surface area contributed by atoms with Crippen LogP contribution in [0.4, 0.5) is 16.5 Å². The molecule has 7 nitrogen and oxygen atoms in total. The molecule has 1 aliphatic rings. The maximum Gasteiger partial charge on any atom is 0.283 e. The maximum absolute atomic E-state index is 13.2. The molecule has 0 saturated carbocycles. The number of hydrogen-bond donors (Lipinski definition) is 2. The number of aryl methyl sites for hydroxylation is 2. The molecule has 2 N–H and O–H groups in total. The van der Waals surface area contributed by atoms with E-state index in [0.29, 0.717) is 43.4 Å². The second-order valence-corrected chi connectivity index (χ2v) is 10.9. The highest BCUT2D eigenvalue weighted by Crippen LogP contribution is 2.33. The quantitative estimate of drug-likeness (QED) is 0.226.